The summed E-state index contributed by atoms with van der Waals surface area (Å²) in [4.78, 5) is 2.18. The molecule has 2 heteroatoms. The molecule has 2 unspecified atom stereocenters. The molecule has 0 aliphatic heterocycles. The number of fused-ring (bicyclic) bond motifs is 1. The molecule has 2 aromatic carbocycles. The maximum absolute atomic E-state index is 3.43. The largest absolute Gasteiger partial charge is 0.383 e. The van der Waals surface area contributed by atoms with Gasteiger partial charge < -0.3 is 10.2 Å². The third-order valence-electron chi connectivity index (χ3n) is 7.59. The molecule has 180 valence electrons. The van der Waals surface area contributed by atoms with Gasteiger partial charge in [0.05, 0.1) is 0 Å². The highest BCUT2D eigenvalue weighted by Crippen LogP contribution is 2.39. The van der Waals surface area contributed by atoms with E-state index in [4.69, 9.17) is 0 Å². The van der Waals surface area contributed by atoms with Gasteiger partial charge in [-0.15, -0.1) is 0 Å². The van der Waals surface area contributed by atoms with Crippen molar-refractivity contribution in [3.05, 3.63) is 88.7 Å². The summed E-state index contributed by atoms with van der Waals surface area (Å²) in [7, 11) is 6.33. The van der Waals surface area contributed by atoms with Crippen LogP contribution in [0.4, 0.5) is 0 Å². The van der Waals surface area contributed by atoms with Crippen LogP contribution in [0.1, 0.15) is 56.2 Å². The maximum atomic E-state index is 3.43. The van der Waals surface area contributed by atoms with Crippen LogP contribution in [0.5, 0.6) is 0 Å². The molecule has 4 rings (SSSR count). The molecule has 2 aliphatic carbocycles. The Morgan fingerprint density at radius 1 is 1.00 bits per heavy atom. The lowest BCUT2D eigenvalue weighted by Crippen LogP contribution is -2.28. The van der Waals surface area contributed by atoms with Gasteiger partial charge in [-0.3, -0.25) is 0 Å². The van der Waals surface area contributed by atoms with Crippen molar-refractivity contribution >= 4 is 5.57 Å². The minimum Gasteiger partial charge on any atom is -0.383 e. The van der Waals surface area contributed by atoms with E-state index in [0.29, 0.717) is 11.8 Å². The van der Waals surface area contributed by atoms with Gasteiger partial charge in [0.2, 0.25) is 0 Å². The molecule has 1 N–H and O–H groups in total. The van der Waals surface area contributed by atoms with Crippen molar-refractivity contribution in [2.45, 2.75) is 52.4 Å². The van der Waals surface area contributed by atoms with Crippen LogP contribution in [-0.2, 0) is 12.8 Å². The molecule has 2 nitrogen and oxygen atoms in total. The molecular formula is C32H42N2. The molecule has 0 saturated heterocycles. The smallest absolute Gasteiger partial charge is 0.00707 e. The molecule has 0 saturated carbocycles. The molecule has 34 heavy (non-hydrogen) atoms. The molecule has 0 bridgehead atoms. The van der Waals surface area contributed by atoms with Crippen LogP contribution in [0.3, 0.4) is 0 Å². The van der Waals surface area contributed by atoms with Gasteiger partial charge in [-0.05, 0) is 96.9 Å². The van der Waals surface area contributed by atoms with Gasteiger partial charge >= 0.3 is 0 Å². The Kier molecular flexibility index (Phi) is 8.11. The van der Waals surface area contributed by atoms with Crippen LogP contribution in [0.15, 0.2) is 72.0 Å². The third-order valence-corrected chi connectivity index (χ3v) is 7.59. The minimum atomic E-state index is 0.566. The topological polar surface area (TPSA) is 15.3 Å². The van der Waals surface area contributed by atoms with Crippen molar-refractivity contribution in [2.75, 3.05) is 27.7 Å². The van der Waals surface area contributed by atoms with Crippen molar-refractivity contribution in [2.24, 2.45) is 11.8 Å². The van der Waals surface area contributed by atoms with Crippen molar-refractivity contribution < 1.29 is 0 Å². The molecule has 2 atom stereocenters. The second-order valence-corrected chi connectivity index (χ2v) is 10.2. The summed E-state index contributed by atoms with van der Waals surface area (Å²) in [6, 6.07) is 16.3. The highest BCUT2D eigenvalue weighted by molar-refractivity contribution is 5.84. The first-order valence-corrected chi connectivity index (χ1v) is 13.2. The molecule has 0 amide bonds. The van der Waals surface area contributed by atoms with Gasteiger partial charge in [-0.2, -0.15) is 0 Å². The Morgan fingerprint density at radius 2 is 1.76 bits per heavy atom. The van der Waals surface area contributed by atoms with Gasteiger partial charge in [-0.1, -0.05) is 68.0 Å². The molecule has 2 aliphatic rings. The predicted molar refractivity (Wildman–Crippen MR) is 148 cm³/mol. The Hall–Kier alpha value is -2.58. The number of rotatable bonds is 8. The number of aryl methyl sites for hydroxylation is 2. The number of nitrogens with zero attached hydrogens (tertiary/aromatic N) is 1. The molecule has 0 heterocycles. The number of benzene rings is 2. The maximum Gasteiger partial charge on any atom is 0.00707 e. The number of hydrogen-bond donors (Lipinski definition) is 1. The van der Waals surface area contributed by atoms with E-state index < -0.39 is 0 Å². The zero-order valence-corrected chi connectivity index (χ0v) is 21.8. The summed E-state index contributed by atoms with van der Waals surface area (Å²) in [6.07, 6.45) is 14.7. The lowest BCUT2D eigenvalue weighted by atomic mass is 9.75. The lowest BCUT2D eigenvalue weighted by molar-refractivity contribution is 0.411. The monoisotopic (exact) mass is 454 g/mol. The van der Waals surface area contributed by atoms with Gasteiger partial charge in [0.25, 0.3) is 0 Å². The molecule has 0 radical (unpaired) electrons. The van der Waals surface area contributed by atoms with E-state index in [1.807, 2.05) is 0 Å². The predicted octanol–water partition coefficient (Wildman–Crippen LogP) is 7.27. The van der Waals surface area contributed by atoms with Crippen molar-refractivity contribution in [1.29, 1.82) is 0 Å². The van der Waals surface area contributed by atoms with E-state index in [-0.39, 0.29) is 0 Å². The Morgan fingerprint density at radius 3 is 2.47 bits per heavy atom. The quantitative estimate of drug-likeness (QED) is 0.451. The fourth-order valence-corrected chi connectivity index (χ4v) is 5.77. The summed E-state index contributed by atoms with van der Waals surface area (Å²) >= 11 is 0. The summed E-state index contributed by atoms with van der Waals surface area (Å²) in [5.41, 5.74) is 11.3. The fraction of sp³-hybridized carbons (Fsp3) is 0.438. The molecule has 0 fully saturated rings. The highest BCUT2D eigenvalue weighted by atomic mass is 15.0. The zero-order valence-electron chi connectivity index (χ0n) is 21.8. The number of hydrogen-bond acceptors (Lipinski definition) is 2. The summed E-state index contributed by atoms with van der Waals surface area (Å²) in [5, 5.41) is 3.43. The van der Waals surface area contributed by atoms with E-state index >= 15 is 0 Å². The van der Waals surface area contributed by atoms with Crippen LogP contribution in [0.25, 0.3) is 16.7 Å². The molecule has 0 aromatic heterocycles. The van der Waals surface area contributed by atoms with Gasteiger partial charge in [0.1, 0.15) is 0 Å². The SMILES string of the molecule is CCC1=CC(/C(=C/N(C)C)c2cccc(-c3ccc4c(c3)CCCC4)c2)=CC(CC)C1CNC. The molecule has 2 aromatic rings. The normalized spacial score (nSPS) is 20.4. The van der Waals surface area contributed by atoms with Crippen LogP contribution < -0.4 is 5.32 Å². The first kappa shape index (κ1) is 24.5. The summed E-state index contributed by atoms with van der Waals surface area (Å²) in [5.74, 6) is 1.16. The zero-order chi connectivity index (χ0) is 24.1. The van der Waals surface area contributed by atoms with E-state index in [9.17, 15) is 0 Å². The number of nitrogens with one attached hydrogen (secondary N) is 1. The van der Waals surface area contributed by atoms with E-state index in [0.717, 1.165) is 19.4 Å². The summed E-state index contributed by atoms with van der Waals surface area (Å²) in [6.45, 7) is 5.67. The second kappa shape index (κ2) is 11.2. The Bertz CT molecular complexity index is 1090. The van der Waals surface area contributed by atoms with Crippen LogP contribution in [0.2, 0.25) is 0 Å². The molecule has 0 spiro atoms. The Balaban J connectivity index is 1.74. The van der Waals surface area contributed by atoms with E-state index in [2.05, 4.69) is 106 Å². The summed E-state index contributed by atoms with van der Waals surface area (Å²) < 4.78 is 0. The van der Waals surface area contributed by atoms with Crippen molar-refractivity contribution in [1.82, 2.24) is 10.2 Å². The van der Waals surface area contributed by atoms with E-state index in [1.54, 1.807) is 16.7 Å². The van der Waals surface area contributed by atoms with Crippen molar-refractivity contribution in [3.63, 3.8) is 0 Å². The standard InChI is InChI=1S/C32H42N2/c1-6-23-17-30(18-24(7-2)31(23)21-33-3)32(22-34(4)5)29-14-10-13-27(20-29)28-16-15-25-11-8-9-12-26(25)19-28/h10,13-20,22-23,31,33H,6-9,11-12,21H2,1-5H3/b32-22+. The molecular weight excluding hydrogens is 412 g/mol. The average Bonchev–Trinajstić information content (AvgIpc) is 2.87. The van der Waals surface area contributed by atoms with Crippen LogP contribution >= 0.6 is 0 Å². The highest BCUT2D eigenvalue weighted by Gasteiger charge is 2.26. The van der Waals surface area contributed by atoms with Crippen molar-refractivity contribution in [3.8, 4) is 11.1 Å². The average molecular weight is 455 g/mol. The Labute approximate surface area is 207 Å². The second-order valence-electron chi connectivity index (χ2n) is 10.2. The minimum absolute atomic E-state index is 0.566. The van der Waals surface area contributed by atoms with E-state index in [1.165, 1.54) is 53.5 Å². The van der Waals surface area contributed by atoms with Crippen LogP contribution in [0, 0.1) is 11.8 Å². The van der Waals surface area contributed by atoms with Gasteiger partial charge in [0.15, 0.2) is 0 Å². The fourth-order valence-electron chi connectivity index (χ4n) is 5.77. The van der Waals surface area contributed by atoms with Gasteiger partial charge in [0, 0.05) is 32.4 Å². The lowest BCUT2D eigenvalue weighted by Gasteiger charge is -2.31. The number of allylic oxidation sites excluding steroid dienone is 4. The van der Waals surface area contributed by atoms with Crippen LogP contribution in [-0.4, -0.2) is 32.6 Å². The van der Waals surface area contributed by atoms with Gasteiger partial charge in [-0.25, -0.2) is 0 Å². The first-order chi connectivity index (χ1) is 16.5. The first-order valence-electron chi connectivity index (χ1n) is 13.2. The third kappa shape index (κ3) is 5.39.